The summed E-state index contributed by atoms with van der Waals surface area (Å²) in [6, 6.07) is 16.4. The molecule has 0 spiro atoms. The van der Waals surface area contributed by atoms with E-state index in [1.165, 1.54) is 0 Å². The number of piperidine rings is 1. The predicted octanol–water partition coefficient (Wildman–Crippen LogP) is 3.02. The van der Waals surface area contributed by atoms with Gasteiger partial charge in [0, 0.05) is 32.2 Å². The molecule has 0 saturated carbocycles. The van der Waals surface area contributed by atoms with E-state index in [1.807, 2.05) is 47.4 Å². The number of hydrogen-bond donors (Lipinski definition) is 2. The van der Waals surface area contributed by atoms with Gasteiger partial charge in [0.05, 0.1) is 23.7 Å². The largest absolute Gasteiger partial charge is 0.496 e. The average molecular weight is 393 g/mol. The van der Waals surface area contributed by atoms with Crippen molar-refractivity contribution in [2.45, 2.75) is 18.9 Å². The van der Waals surface area contributed by atoms with Crippen molar-refractivity contribution >= 4 is 17.1 Å². The highest BCUT2D eigenvalue weighted by Crippen LogP contribution is 2.36. The quantitative estimate of drug-likeness (QED) is 0.698. The lowest BCUT2D eigenvalue weighted by molar-refractivity contribution is 0.173. The lowest BCUT2D eigenvalue weighted by Gasteiger charge is -2.33. The highest BCUT2D eigenvalue weighted by molar-refractivity contribution is 5.82. The fourth-order valence-corrected chi connectivity index (χ4v) is 4.05. The van der Waals surface area contributed by atoms with Crippen molar-refractivity contribution < 1.29 is 9.53 Å². The molecule has 7 heteroatoms. The van der Waals surface area contributed by atoms with Crippen LogP contribution in [0, 0.1) is 0 Å². The Morgan fingerprint density at radius 3 is 2.66 bits per heavy atom. The van der Waals surface area contributed by atoms with Gasteiger partial charge >= 0.3 is 6.03 Å². The van der Waals surface area contributed by atoms with Crippen molar-refractivity contribution in [3.05, 3.63) is 48.5 Å². The zero-order chi connectivity index (χ0) is 20.2. The summed E-state index contributed by atoms with van der Waals surface area (Å²) >= 11 is 0. The van der Waals surface area contributed by atoms with Crippen molar-refractivity contribution in [1.29, 1.82) is 0 Å². The van der Waals surface area contributed by atoms with Crippen molar-refractivity contribution in [2.24, 2.45) is 5.73 Å². The molecule has 2 aromatic carbocycles. The van der Waals surface area contributed by atoms with E-state index in [0.29, 0.717) is 26.2 Å². The maximum atomic E-state index is 12.3. The number of urea groups is 1. The number of amides is 2. The number of para-hydroxylation sites is 3. The lowest BCUT2D eigenvalue weighted by atomic mass is 10.0. The highest BCUT2D eigenvalue weighted by Gasteiger charge is 2.27. The zero-order valence-corrected chi connectivity index (χ0v) is 16.7. The van der Waals surface area contributed by atoms with Gasteiger partial charge in [0.2, 0.25) is 0 Å². The van der Waals surface area contributed by atoms with Crippen LogP contribution in [-0.4, -0.2) is 53.8 Å². The summed E-state index contributed by atoms with van der Waals surface area (Å²) in [5, 5.41) is 2.86. The SMILES string of the molecule is COc1ccccc1-c1nc2ccccc2n1C1CCN(C(=O)NCCN)CC1. The van der Waals surface area contributed by atoms with Crippen LogP contribution in [0.3, 0.4) is 0 Å². The highest BCUT2D eigenvalue weighted by atomic mass is 16.5. The zero-order valence-electron chi connectivity index (χ0n) is 16.7. The van der Waals surface area contributed by atoms with Gasteiger partial charge in [-0.3, -0.25) is 0 Å². The molecule has 2 heterocycles. The number of methoxy groups -OCH3 is 1. The van der Waals surface area contributed by atoms with Gasteiger partial charge in [0.1, 0.15) is 11.6 Å². The van der Waals surface area contributed by atoms with Crippen molar-refractivity contribution in [2.75, 3.05) is 33.3 Å². The first-order chi connectivity index (χ1) is 14.2. The number of aromatic nitrogens is 2. The normalized spacial score (nSPS) is 14.9. The van der Waals surface area contributed by atoms with E-state index in [0.717, 1.165) is 41.0 Å². The fraction of sp³-hybridized carbons (Fsp3) is 0.364. The fourth-order valence-electron chi connectivity index (χ4n) is 4.05. The number of nitrogens with one attached hydrogen (secondary N) is 1. The standard InChI is InChI=1S/C22H27N5O2/c1-29-20-9-5-2-6-17(20)21-25-18-7-3-4-8-19(18)27(21)16-10-14-26(15-11-16)22(28)24-13-12-23/h2-9,16H,10-15,23H2,1H3,(H,24,28). The number of fused-ring (bicyclic) bond motifs is 1. The molecule has 0 bridgehead atoms. The number of nitrogens with two attached hydrogens (primary N) is 1. The number of nitrogens with zero attached hydrogens (tertiary/aromatic N) is 3. The summed E-state index contributed by atoms with van der Waals surface area (Å²) in [6.45, 7) is 2.37. The Kier molecular flexibility index (Phi) is 5.67. The van der Waals surface area contributed by atoms with Crippen LogP contribution in [0.1, 0.15) is 18.9 Å². The second-order valence-electron chi connectivity index (χ2n) is 7.23. The first kappa shape index (κ1) is 19.3. The second kappa shape index (κ2) is 8.53. The molecule has 1 aliphatic heterocycles. The number of likely N-dealkylation sites (tertiary alicyclic amines) is 1. The van der Waals surface area contributed by atoms with E-state index in [4.69, 9.17) is 15.5 Å². The Morgan fingerprint density at radius 1 is 1.17 bits per heavy atom. The average Bonchev–Trinajstić information content (AvgIpc) is 3.17. The topological polar surface area (TPSA) is 85.4 Å². The van der Waals surface area contributed by atoms with Crippen molar-refractivity contribution in [3.8, 4) is 17.1 Å². The van der Waals surface area contributed by atoms with Gasteiger partial charge in [0.15, 0.2) is 0 Å². The minimum absolute atomic E-state index is 0.0330. The summed E-state index contributed by atoms with van der Waals surface area (Å²) in [5.74, 6) is 1.72. The van der Waals surface area contributed by atoms with E-state index in [2.05, 4.69) is 16.0 Å². The molecule has 0 aliphatic carbocycles. The summed E-state index contributed by atoms with van der Waals surface area (Å²) in [5.41, 5.74) is 8.55. The molecular formula is C22H27N5O2. The van der Waals surface area contributed by atoms with Crippen LogP contribution in [0.5, 0.6) is 5.75 Å². The molecule has 4 rings (SSSR count). The van der Waals surface area contributed by atoms with Gasteiger partial charge in [-0.15, -0.1) is 0 Å². The summed E-state index contributed by atoms with van der Waals surface area (Å²) in [6.07, 6.45) is 1.75. The van der Waals surface area contributed by atoms with E-state index in [1.54, 1.807) is 7.11 Å². The number of imidazole rings is 1. The molecule has 1 saturated heterocycles. The van der Waals surface area contributed by atoms with E-state index < -0.39 is 0 Å². The number of ether oxygens (including phenoxy) is 1. The van der Waals surface area contributed by atoms with Crippen LogP contribution in [0.4, 0.5) is 4.79 Å². The first-order valence-corrected chi connectivity index (χ1v) is 10.1. The Hall–Kier alpha value is -3.06. The molecule has 3 aromatic rings. The van der Waals surface area contributed by atoms with Gasteiger partial charge < -0.3 is 25.3 Å². The third kappa shape index (κ3) is 3.78. The third-order valence-corrected chi connectivity index (χ3v) is 5.48. The Bertz CT molecular complexity index is 992. The molecule has 1 aliphatic rings. The molecule has 1 aromatic heterocycles. The van der Waals surface area contributed by atoms with Crippen molar-refractivity contribution in [1.82, 2.24) is 19.8 Å². The number of benzene rings is 2. The van der Waals surface area contributed by atoms with Gasteiger partial charge in [-0.25, -0.2) is 9.78 Å². The van der Waals surface area contributed by atoms with Crippen LogP contribution < -0.4 is 15.8 Å². The molecule has 0 unspecified atom stereocenters. The van der Waals surface area contributed by atoms with E-state index in [-0.39, 0.29) is 12.1 Å². The molecule has 3 N–H and O–H groups in total. The molecule has 0 radical (unpaired) electrons. The minimum atomic E-state index is -0.0330. The van der Waals surface area contributed by atoms with Crippen molar-refractivity contribution in [3.63, 3.8) is 0 Å². The Balaban J connectivity index is 1.66. The second-order valence-corrected chi connectivity index (χ2v) is 7.23. The van der Waals surface area contributed by atoms with Gasteiger partial charge in [-0.1, -0.05) is 24.3 Å². The predicted molar refractivity (Wildman–Crippen MR) is 114 cm³/mol. The summed E-state index contributed by atoms with van der Waals surface area (Å²) in [7, 11) is 1.68. The molecule has 7 nitrogen and oxygen atoms in total. The smallest absolute Gasteiger partial charge is 0.317 e. The number of carbonyl (C=O) groups is 1. The third-order valence-electron chi connectivity index (χ3n) is 5.48. The van der Waals surface area contributed by atoms with Crippen LogP contribution in [0.15, 0.2) is 48.5 Å². The van der Waals surface area contributed by atoms with Crippen LogP contribution in [0.2, 0.25) is 0 Å². The number of rotatable bonds is 5. The van der Waals surface area contributed by atoms with Crippen LogP contribution >= 0.6 is 0 Å². The van der Waals surface area contributed by atoms with Crippen LogP contribution in [-0.2, 0) is 0 Å². The molecular weight excluding hydrogens is 366 g/mol. The summed E-state index contributed by atoms with van der Waals surface area (Å²) < 4.78 is 7.92. The number of carbonyl (C=O) groups excluding carboxylic acids is 1. The van der Waals surface area contributed by atoms with Crippen LogP contribution in [0.25, 0.3) is 22.4 Å². The maximum absolute atomic E-state index is 12.3. The Labute approximate surface area is 170 Å². The first-order valence-electron chi connectivity index (χ1n) is 10.1. The molecule has 0 atom stereocenters. The summed E-state index contributed by atoms with van der Waals surface area (Å²) in [4.78, 5) is 19.1. The maximum Gasteiger partial charge on any atom is 0.317 e. The monoisotopic (exact) mass is 393 g/mol. The molecule has 1 fully saturated rings. The van der Waals surface area contributed by atoms with Gasteiger partial charge in [0.25, 0.3) is 0 Å². The van der Waals surface area contributed by atoms with E-state index in [9.17, 15) is 4.79 Å². The van der Waals surface area contributed by atoms with Gasteiger partial charge in [-0.2, -0.15) is 0 Å². The molecule has 29 heavy (non-hydrogen) atoms. The lowest BCUT2D eigenvalue weighted by Crippen LogP contribution is -2.45. The molecule has 2 amide bonds. The van der Waals surface area contributed by atoms with Gasteiger partial charge in [-0.05, 0) is 37.1 Å². The van der Waals surface area contributed by atoms with E-state index >= 15 is 0 Å². The minimum Gasteiger partial charge on any atom is -0.496 e. The molecule has 152 valence electrons. The number of hydrogen-bond acceptors (Lipinski definition) is 4. The Morgan fingerprint density at radius 2 is 1.90 bits per heavy atom.